The van der Waals surface area contributed by atoms with E-state index in [2.05, 4.69) is 15.2 Å². The van der Waals surface area contributed by atoms with E-state index in [1.165, 1.54) is 18.2 Å². The maximum atomic E-state index is 11.8. The van der Waals surface area contributed by atoms with E-state index in [-0.39, 0.29) is 10.6 Å². The summed E-state index contributed by atoms with van der Waals surface area (Å²) in [6.07, 6.45) is 2.50. The summed E-state index contributed by atoms with van der Waals surface area (Å²) in [4.78, 5) is 16.8. The van der Waals surface area contributed by atoms with Crippen molar-refractivity contribution in [3.8, 4) is 0 Å². The first-order valence-electron chi connectivity index (χ1n) is 7.73. The zero-order valence-corrected chi connectivity index (χ0v) is 15.1. The van der Waals surface area contributed by atoms with E-state index in [1.807, 2.05) is 19.9 Å². The van der Waals surface area contributed by atoms with Crippen LogP contribution < -0.4 is 10.2 Å². The number of pyridine rings is 1. The molecular weight excluding hydrogens is 344 g/mol. The lowest BCUT2D eigenvalue weighted by atomic mass is 10.2. The van der Waals surface area contributed by atoms with Gasteiger partial charge < -0.3 is 10.2 Å². The molecule has 1 aromatic heterocycles. The fraction of sp³-hybridized carbons (Fsp3) is 0.312. The van der Waals surface area contributed by atoms with Crippen molar-refractivity contribution in [1.29, 1.82) is 0 Å². The molecule has 0 radical (unpaired) electrons. The van der Waals surface area contributed by atoms with E-state index in [9.17, 15) is 18.5 Å². The Bertz CT molecular complexity index is 862. The Morgan fingerprint density at radius 2 is 1.88 bits per heavy atom. The van der Waals surface area contributed by atoms with Gasteiger partial charge in [-0.15, -0.1) is 0 Å². The first-order chi connectivity index (χ1) is 11.8. The Morgan fingerprint density at radius 3 is 2.36 bits per heavy atom. The largest absolute Gasteiger partial charge is 0.357 e. The van der Waals surface area contributed by atoms with Crippen molar-refractivity contribution < 1.29 is 13.3 Å². The third-order valence-corrected chi connectivity index (χ3v) is 4.82. The van der Waals surface area contributed by atoms with E-state index < -0.39 is 20.4 Å². The summed E-state index contributed by atoms with van der Waals surface area (Å²) in [7, 11) is -3.72. The van der Waals surface area contributed by atoms with Crippen molar-refractivity contribution in [2.45, 2.75) is 18.7 Å². The molecule has 0 saturated heterocycles. The number of nitrogens with zero attached hydrogens (tertiary/aromatic N) is 3. The SMILES string of the molecule is CCN(CC)c1ccc(Nc2cccc(S(C)(=O)=O)c2[N+](=O)[O-])cn1. The molecule has 8 nitrogen and oxygen atoms in total. The summed E-state index contributed by atoms with van der Waals surface area (Å²) in [6, 6.07) is 7.70. The second-order valence-electron chi connectivity index (χ2n) is 5.38. The third kappa shape index (κ3) is 4.24. The van der Waals surface area contributed by atoms with Crippen molar-refractivity contribution in [3.63, 3.8) is 0 Å². The van der Waals surface area contributed by atoms with Gasteiger partial charge in [-0.2, -0.15) is 0 Å². The molecule has 0 aliphatic carbocycles. The van der Waals surface area contributed by atoms with Crippen molar-refractivity contribution >= 4 is 32.7 Å². The fourth-order valence-electron chi connectivity index (χ4n) is 2.46. The van der Waals surface area contributed by atoms with Crippen LogP contribution in [-0.2, 0) is 9.84 Å². The number of rotatable bonds is 7. The molecule has 0 spiro atoms. The molecule has 0 saturated carbocycles. The molecule has 0 atom stereocenters. The van der Waals surface area contributed by atoms with Gasteiger partial charge in [-0.25, -0.2) is 13.4 Å². The van der Waals surface area contributed by atoms with Crippen LogP contribution in [0.25, 0.3) is 0 Å². The number of benzene rings is 1. The summed E-state index contributed by atoms with van der Waals surface area (Å²) in [5.41, 5.74) is 0.160. The minimum absolute atomic E-state index is 0.102. The number of sulfone groups is 1. The smallest absolute Gasteiger partial charge is 0.311 e. The summed E-state index contributed by atoms with van der Waals surface area (Å²) < 4.78 is 23.6. The molecule has 1 heterocycles. The monoisotopic (exact) mass is 364 g/mol. The lowest BCUT2D eigenvalue weighted by Crippen LogP contribution is -2.22. The fourth-order valence-corrected chi connectivity index (χ4v) is 3.32. The minimum Gasteiger partial charge on any atom is -0.357 e. The van der Waals surface area contributed by atoms with Crippen molar-refractivity contribution in [3.05, 3.63) is 46.6 Å². The summed E-state index contributed by atoms with van der Waals surface area (Å²) in [5.74, 6) is 0.801. The van der Waals surface area contributed by atoms with Gasteiger partial charge in [0.05, 0.1) is 16.8 Å². The number of nitro benzene ring substituents is 1. The molecule has 0 unspecified atom stereocenters. The Morgan fingerprint density at radius 1 is 1.20 bits per heavy atom. The predicted octanol–water partition coefficient (Wildman–Crippen LogP) is 2.98. The highest BCUT2D eigenvalue weighted by molar-refractivity contribution is 7.90. The van der Waals surface area contributed by atoms with Gasteiger partial charge >= 0.3 is 5.69 Å². The highest BCUT2D eigenvalue weighted by Crippen LogP contribution is 2.33. The van der Waals surface area contributed by atoms with E-state index in [4.69, 9.17) is 0 Å². The van der Waals surface area contributed by atoms with Crippen molar-refractivity contribution in [2.24, 2.45) is 0 Å². The van der Waals surface area contributed by atoms with E-state index >= 15 is 0 Å². The topological polar surface area (TPSA) is 105 Å². The predicted molar refractivity (Wildman–Crippen MR) is 97.3 cm³/mol. The minimum atomic E-state index is -3.72. The number of aromatic nitrogens is 1. The number of hydrogen-bond acceptors (Lipinski definition) is 7. The van der Waals surface area contributed by atoms with Gasteiger partial charge in [0, 0.05) is 19.3 Å². The van der Waals surface area contributed by atoms with Gasteiger partial charge in [-0.3, -0.25) is 10.1 Å². The van der Waals surface area contributed by atoms with Crippen LogP contribution in [0.2, 0.25) is 0 Å². The van der Waals surface area contributed by atoms with Crippen LogP contribution in [0.15, 0.2) is 41.4 Å². The molecule has 1 N–H and O–H groups in total. The number of anilines is 3. The van der Waals surface area contributed by atoms with Crippen LogP contribution in [0, 0.1) is 10.1 Å². The van der Waals surface area contributed by atoms with Gasteiger partial charge in [0.15, 0.2) is 9.84 Å². The van der Waals surface area contributed by atoms with Crippen LogP contribution in [0.1, 0.15) is 13.8 Å². The van der Waals surface area contributed by atoms with Crippen molar-refractivity contribution in [2.75, 3.05) is 29.6 Å². The summed E-state index contributed by atoms with van der Waals surface area (Å²) in [5, 5.41) is 14.3. The van der Waals surface area contributed by atoms with Crippen LogP contribution in [0.5, 0.6) is 0 Å². The number of para-hydroxylation sites is 1. The molecule has 0 bridgehead atoms. The standard InChI is InChI=1S/C16H20N4O4S/c1-4-19(5-2)15-10-9-12(11-17-15)18-13-7-6-8-14(25(3,23)24)16(13)20(21)22/h6-11,18H,4-5H2,1-3H3. The Balaban J connectivity index is 2.39. The number of hydrogen-bond donors (Lipinski definition) is 1. The highest BCUT2D eigenvalue weighted by atomic mass is 32.2. The highest BCUT2D eigenvalue weighted by Gasteiger charge is 2.26. The first-order valence-corrected chi connectivity index (χ1v) is 9.62. The molecule has 9 heteroatoms. The molecule has 0 amide bonds. The second kappa shape index (κ2) is 7.47. The zero-order valence-electron chi connectivity index (χ0n) is 14.3. The Kier molecular flexibility index (Phi) is 5.58. The maximum absolute atomic E-state index is 11.8. The van der Waals surface area contributed by atoms with Gasteiger partial charge in [0.25, 0.3) is 0 Å². The average Bonchev–Trinajstić information content (AvgIpc) is 2.56. The Hall–Kier alpha value is -2.68. The third-order valence-electron chi connectivity index (χ3n) is 3.70. The normalized spacial score (nSPS) is 11.2. The molecule has 1 aromatic carbocycles. The molecule has 2 aromatic rings. The van der Waals surface area contributed by atoms with Crippen LogP contribution >= 0.6 is 0 Å². The summed E-state index contributed by atoms with van der Waals surface area (Å²) in [6.45, 7) is 5.69. The molecule has 25 heavy (non-hydrogen) atoms. The quantitative estimate of drug-likeness (QED) is 0.594. The number of nitro groups is 1. The van der Waals surface area contributed by atoms with Crippen LogP contribution in [-0.4, -0.2) is 37.7 Å². The molecule has 0 fully saturated rings. The summed E-state index contributed by atoms with van der Waals surface area (Å²) >= 11 is 0. The zero-order chi connectivity index (χ0) is 18.6. The van der Waals surface area contributed by atoms with Gasteiger partial charge in [0.2, 0.25) is 0 Å². The number of nitrogens with one attached hydrogen (secondary N) is 1. The maximum Gasteiger partial charge on any atom is 0.311 e. The van der Waals surface area contributed by atoms with Crippen molar-refractivity contribution in [1.82, 2.24) is 4.98 Å². The molecule has 0 aliphatic heterocycles. The molecule has 0 aliphatic rings. The average molecular weight is 364 g/mol. The van der Waals surface area contributed by atoms with E-state index in [1.54, 1.807) is 12.3 Å². The van der Waals surface area contributed by atoms with E-state index in [0.717, 1.165) is 25.2 Å². The first kappa shape index (κ1) is 18.7. The lowest BCUT2D eigenvalue weighted by Gasteiger charge is -2.19. The molecule has 2 rings (SSSR count). The second-order valence-corrected chi connectivity index (χ2v) is 7.37. The van der Waals surface area contributed by atoms with Crippen LogP contribution in [0.3, 0.4) is 0 Å². The molecular formula is C16H20N4O4S. The molecule has 134 valence electrons. The van der Waals surface area contributed by atoms with Gasteiger partial charge in [0.1, 0.15) is 16.4 Å². The van der Waals surface area contributed by atoms with Crippen LogP contribution in [0.4, 0.5) is 22.9 Å². The lowest BCUT2D eigenvalue weighted by molar-refractivity contribution is -0.386. The Labute approximate surface area is 146 Å². The van der Waals surface area contributed by atoms with E-state index in [0.29, 0.717) is 5.69 Å². The van der Waals surface area contributed by atoms with Gasteiger partial charge in [-0.1, -0.05) is 6.07 Å². The van der Waals surface area contributed by atoms with Gasteiger partial charge in [-0.05, 0) is 38.1 Å².